The fraction of sp³-hybridized carbons (Fsp3) is 0.517. The molecule has 204 valence electrons. The van der Waals surface area contributed by atoms with Crippen LogP contribution in [0.25, 0.3) is 0 Å². The molecule has 1 N–H and O–H groups in total. The molecule has 5 rings (SSSR count). The first-order valence-corrected chi connectivity index (χ1v) is 13.2. The maximum absolute atomic E-state index is 13.0. The maximum Gasteiger partial charge on any atom is 0.416 e. The minimum atomic E-state index is -4.42. The number of alkyl halides is 3. The topological polar surface area (TPSA) is 67.9 Å². The van der Waals surface area contributed by atoms with Crippen molar-refractivity contribution in [2.75, 3.05) is 26.8 Å². The number of rotatable bonds is 8. The van der Waals surface area contributed by atoms with E-state index in [9.17, 15) is 22.8 Å². The highest BCUT2D eigenvalue weighted by molar-refractivity contribution is 5.95. The number of hydrogen-bond acceptors (Lipinski definition) is 4. The zero-order valence-electron chi connectivity index (χ0n) is 21.5. The molecule has 0 radical (unpaired) electrons. The summed E-state index contributed by atoms with van der Waals surface area (Å²) < 4.78 is 50.1. The van der Waals surface area contributed by atoms with Crippen LogP contribution in [0, 0.1) is 11.3 Å². The molecule has 2 aromatic rings. The van der Waals surface area contributed by atoms with Gasteiger partial charge in [0.05, 0.1) is 25.7 Å². The third kappa shape index (κ3) is 6.08. The Hall–Kier alpha value is -3.23. The van der Waals surface area contributed by atoms with E-state index >= 15 is 0 Å². The number of methoxy groups -OCH3 is 1. The molecule has 0 unspecified atom stereocenters. The van der Waals surface area contributed by atoms with E-state index in [4.69, 9.17) is 9.47 Å². The minimum absolute atomic E-state index is 0.0348. The molecule has 3 fully saturated rings. The van der Waals surface area contributed by atoms with Crippen molar-refractivity contribution in [3.63, 3.8) is 0 Å². The summed E-state index contributed by atoms with van der Waals surface area (Å²) in [5, 5.41) is 3.14. The molecule has 38 heavy (non-hydrogen) atoms. The van der Waals surface area contributed by atoms with Gasteiger partial charge in [0.1, 0.15) is 0 Å². The van der Waals surface area contributed by atoms with Gasteiger partial charge >= 0.3 is 6.18 Å². The van der Waals surface area contributed by atoms with Crippen LogP contribution in [-0.2, 0) is 17.4 Å². The van der Waals surface area contributed by atoms with Crippen LogP contribution in [0.5, 0.6) is 11.5 Å². The lowest BCUT2D eigenvalue weighted by molar-refractivity contribution is -0.145. The molecule has 3 aliphatic rings. The molecule has 0 atom stereocenters. The van der Waals surface area contributed by atoms with Crippen LogP contribution in [0.4, 0.5) is 13.2 Å². The van der Waals surface area contributed by atoms with Gasteiger partial charge in [-0.05, 0) is 74.3 Å². The van der Waals surface area contributed by atoms with E-state index in [1.807, 2.05) is 0 Å². The molecular formula is C29H33F3N2O4. The Morgan fingerprint density at radius 2 is 1.76 bits per heavy atom. The second kappa shape index (κ2) is 10.5. The number of ether oxygens (including phenoxy) is 2. The third-order valence-electron chi connectivity index (χ3n) is 7.99. The molecule has 0 aromatic heterocycles. The standard InChI is InChI=1S/C29H33F3N2O4/c1-37-24-8-7-21(15-25(24)38-16-19-5-6-19)27(36)33-23-9-11-28(12-10-23)17-34(18-28)26(35)14-20-3-2-4-22(13-20)29(30,31)32/h2-4,7-8,13,15,19,23H,5-6,9-12,14,16-18H2,1H3,(H,33,36). The molecule has 6 nitrogen and oxygen atoms in total. The Morgan fingerprint density at radius 1 is 1.03 bits per heavy atom. The van der Waals surface area contributed by atoms with E-state index in [0.717, 1.165) is 37.8 Å². The zero-order chi connectivity index (χ0) is 26.9. The van der Waals surface area contributed by atoms with Gasteiger partial charge in [-0.2, -0.15) is 13.2 Å². The number of carbonyl (C=O) groups is 2. The SMILES string of the molecule is COc1ccc(C(=O)NC2CCC3(CC2)CN(C(=O)Cc2cccc(C(F)(F)F)c2)C3)cc1OCC1CC1. The summed E-state index contributed by atoms with van der Waals surface area (Å²) in [5.41, 5.74) is 0.206. The number of carbonyl (C=O) groups excluding carboxylic acids is 2. The molecular weight excluding hydrogens is 497 g/mol. The summed E-state index contributed by atoms with van der Waals surface area (Å²) >= 11 is 0. The van der Waals surface area contributed by atoms with Crippen molar-refractivity contribution in [1.82, 2.24) is 10.2 Å². The van der Waals surface area contributed by atoms with Crippen molar-refractivity contribution in [2.45, 2.75) is 57.2 Å². The quantitative estimate of drug-likeness (QED) is 0.507. The van der Waals surface area contributed by atoms with E-state index in [1.165, 1.54) is 18.9 Å². The molecule has 2 saturated carbocycles. The zero-order valence-corrected chi connectivity index (χ0v) is 21.5. The predicted molar refractivity (Wildman–Crippen MR) is 135 cm³/mol. The minimum Gasteiger partial charge on any atom is -0.493 e. The Morgan fingerprint density at radius 3 is 2.42 bits per heavy atom. The molecule has 2 aromatic carbocycles. The highest BCUT2D eigenvalue weighted by Crippen LogP contribution is 2.44. The first kappa shape index (κ1) is 26.4. The summed E-state index contributed by atoms with van der Waals surface area (Å²) in [4.78, 5) is 27.3. The number of amides is 2. The molecule has 2 amide bonds. The van der Waals surface area contributed by atoms with Gasteiger partial charge < -0.3 is 19.7 Å². The van der Waals surface area contributed by atoms with Crippen LogP contribution in [-0.4, -0.2) is 49.6 Å². The second-order valence-corrected chi connectivity index (χ2v) is 11.0. The van der Waals surface area contributed by atoms with Crippen molar-refractivity contribution >= 4 is 11.8 Å². The summed E-state index contributed by atoms with van der Waals surface area (Å²) in [7, 11) is 1.58. The lowest BCUT2D eigenvalue weighted by Gasteiger charge is -2.53. The van der Waals surface area contributed by atoms with Crippen molar-refractivity contribution in [3.8, 4) is 11.5 Å². The Kier molecular flexibility index (Phi) is 7.29. The number of nitrogens with zero attached hydrogens (tertiary/aromatic N) is 1. The predicted octanol–water partition coefficient (Wildman–Crippen LogP) is 5.25. The van der Waals surface area contributed by atoms with Crippen molar-refractivity contribution in [2.24, 2.45) is 11.3 Å². The second-order valence-electron chi connectivity index (χ2n) is 11.0. The van der Waals surface area contributed by atoms with Crippen molar-refractivity contribution in [3.05, 3.63) is 59.2 Å². The fourth-order valence-corrected chi connectivity index (χ4v) is 5.47. The van der Waals surface area contributed by atoms with Gasteiger partial charge in [-0.15, -0.1) is 0 Å². The average Bonchev–Trinajstić information content (AvgIpc) is 3.70. The van der Waals surface area contributed by atoms with E-state index in [2.05, 4.69) is 5.32 Å². The summed E-state index contributed by atoms with van der Waals surface area (Å²) in [6.07, 6.45) is 1.32. The van der Waals surface area contributed by atoms with Crippen LogP contribution in [0.2, 0.25) is 0 Å². The van der Waals surface area contributed by atoms with E-state index < -0.39 is 11.7 Å². The normalized spacial score (nSPS) is 19.1. The number of nitrogens with one attached hydrogen (secondary N) is 1. The van der Waals surface area contributed by atoms with Gasteiger partial charge in [0.25, 0.3) is 5.91 Å². The van der Waals surface area contributed by atoms with Gasteiger partial charge in [-0.1, -0.05) is 18.2 Å². The number of likely N-dealkylation sites (tertiary alicyclic amines) is 1. The van der Waals surface area contributed by atoms with Crippen LogP contribution in [0.1, 0.15) is 60.0 Å². The largest absolute Gasteiger partial charge is 0.493 e. The summed E-state index contributed by atoms with van der Waals surface area (Å²) in [6.45, 7) is 1.86. The lowest BCUT2D eigenvalue weighted by atomic mass is 9.67. The number of hydrogen-bond donors (Lipinski definition) is 1. The number of benzene rings is 2. The molecule has 1 saturated heterocycles. The Labute approximate surface area is 220 Å². The van der Waals surface area contributed by atoms with Crippen molar-refractivity contribution in [1.29, 1.82) is 0 Å². The van der Waals surface area contributed by atoms with E-state index in [-0.39, 0.29) is 29.7 Å². The molecule has 0 bridgehead atoms. The fourth-order valence-electron chi connectivity index (χ4n) is 5.47. The van der Waals surface area contributed by atoms with Gasteiger partial charge in [0.2, 0.25) is 5.91 Å². The van der Waals surface area contributed by atoms with Crippen LogP contribution < -0.4 is 14.8 Å². The van der Waals surface area contributed by atoms with Crippen LogP contribution >= 0.6 is 0 Å². The maximum atomic E-state index is 13.0. The molecule has 1 spiro atoms. The van der Waals surface area contributed by atoms with Crippen LogP contribution in [0.3, 0.4) is 0 Å². The molecule has 2 aliphatic carbocycles. The first-order chi connectivity index (χ1) is 18.1. The van der Waals surface area contributed by atoms with E-state index in [0.29, 0.717) is 48.2 Å². The molecule has 1 heterocycles. The van der Waals surface area contributed by atoms with Crippen molar-refractivity contribution < 1.29 is 32.2 Å². The molecule has 9 heteroatoms. The number of halogens is 3. The Balaban J connectivity index is 1.09. The van der Waals surface area contributed by atoms with Gasteiger partial charge in [-0.25, -0.2) is 0 Å². The smallest absolute Gasteiger partial charge is 0.416 e. The monoisotopic (exact) mass is 530 g/mol. The first-order valence-electron chi connectivity index (χ1n) is 13.2. The Bertz CT molecular complexity index is 1180. The highest BCUT2D eigenvalue weighted by atomic mass is 19.4. The van der Waals surface area contributed by atoms with Crippen LogP contribution in [0.15, 0.2) is 42.5 Å². The third-order valence-corrected chi connectivity index (χ3v) is 7.99. The van der Waals surface area contributed by atoms with Gasteiger partial charge in [0, 0.05) is 30.1 Å². The van der Waals surface area contributed by atoms with Gasteiger partial charge in [-0.3, -0.25) is 9.59 Å². The summed E-state index contributed by atoms with van der Waals surface area (Å²) in [5.74, 6) is 1.49. The highest BCUT2D eigenvalue weighted by Gasteiger charge is 2.47. The average molecular weight is 531 g/mol. The van der Waals surface area contributed by atoms with Gasteiger partial charge in [0.15, 0.2) is 11.5 Å². The summed E-state index contributed by atoms with van der Waals surface area (Å²) in [6, 6.07) is 10.2. The lowest BCUT2D eigenvalue weighted by Crippen LogP contribution is -2.60. The molecule has 1 aliphatic heterocycles. The van der Waals surface area contributed by atoms with E-state index in [1.54, 1.807) is 36.3 Å².